The van der Waals surface area contributed by atoms with Crippen LogP contribution < -0.4 is 4.90 Å². The summed E-state index contributed by atoms with van der Waals surface area (Å²) < 4.78 is 0. The summed E-state index contributed by atoms with van der Waals surface area (Å²) in [6.45, 7) is 3.95. The van der Waals surface area contributed by atoms with Crippen LogP contribution in [0.25, 0.3) is 0 Å². The molecule has 3 nitrogen and oxygen atoms in total. The van der Waals surface area contributed by atoms with Crippen LogP contribution in [0.3, 0.4) is 0 Å². The van der Waals surface area contributed by atoms with E-state index >= 15 is 0 Å². The van der Waals surface area contributed by atoms with Crippen molar-refractivity contribution < 1.29 is 0 Å². The highest BCUT2D eigenvalue weighted by Crippen LogP contribution is 2.28. The molecule has 0 spiro atoms. The van der Waals surface area contributed by atoms with Gasteiger partial charge in [0.2, 0.25) is 5.95 Å². The molecule has 24 heavy (non-hydrogen) atoms. The van der Waals surface area contributed by atoms with Gasteiger partial charge in [0.25, 0.3) is 0 Å². The molecule has 0 unspecified atom stereocenters. The van der Waals surface area contributed by atoms with Crippen LogP contribution in [0.5, 0.6) is 0 Å². The molecule has 0 bridgehead atoms. The number of aryl methyl sites for hydroxylation is 1. The number of anilines is 1. The van der Waals surface area contributed by atoms with Crippen molar-refractivity contribution >= 4 is 17.7 Å². The van der Waals surface area contributed by atoms with Crippen molar-refractivity contribution in [3.8, 4) is 0 Å². The van der Waals surface area contributed by atoms with Crippen LogP contribution in [-0.4, -0.2) is 16.5 Å². The minimum Gasteiger partial charge on any atom is -0.336 e. The van der Waals surface area contributed by atoms with Gasteiger partial charge >= 0.3 is 0 Å². The number of fused-ring (bicyclic) bond motifs is 1. The molecule has 4 heteroatoms. The van der Waals surface area contributed by atoms with E-state index in [4.69, 9.17) is 4.98 Å². The van der Waals surface area contributed by atoms with Crippen molar-refractivity contribution in [2.24, 2.45) is 0 Å². The Labute approximate surface area is 146 Å². The number of hydrogen-bond donors (Lipinski definition) is 0. The van der Waals surface area contributed by atoms with Crippen LogP contribution in [0.1, 0.15) is 16.7 Å². The molecule has 1 aliphatic rings. The maximum absolute atomic E-state index is 4.76. The second-order valence-corrected chi connectivity index (χ2v) is 7.14. The highest BCUT2D eigenvalue weighted by atomic mass is 32.2. The molecule has 120 valence electrons. The van der Waals surface area contributed by atoms with E-state index in [-0.39, 0.29) is 0 Å². The smallest absolute Gasteiger partial charge is 0.226 e. The summed E-state index contributed by atoms with van der Waals surface area (Å²) in [5.41, 5.74) is 4.09. The standard InChI is InChI=1S/C20H19N3S/c1-15-6-8-18(9-7-15)24-19-10-12-21-20(22-19)23-13-11-16-4-2-3-5-17(16)14-23/h2-10,12H,11,13-14H2,1H3. The van der Waals surface area contributed by atoms with Crippen LogP contribution in [0, 0.1) is 6.92 Å². The Balaban J connectivity index is 1.54. The number of nitrogens with zero attached hydrogens (tertiary/aromatic N) is 3. The number of aromatic nitrogens is 2. The van der Waals surface area contributed by atoms with Gasteiger partial charge in [-0.15, -0.1) is 0 Å². The molecule has 1 aromatic heterocycles. The second-order valence-electron chi connectivity index (χ2n) is 6.05. The van der Waals surface area contributed by atoms with Gasteiger partial charge in [0.1, 0.15) is 5.03 Å². The number of hydrogen-bond acceptors (Lipinski definition) is 4. The lowest BCUT2D eigenvalue weighted by atomic mass is 10.0. The molecule has 4 rings (SSSR count). The Kier molecular flexibility index (Phi) is 4.22. The van der Waals surface area contributed by atoms with Crippen molar-refractivity contribution in [3.05, 3.63) is 77.5 Å². The van der Waals surface area contributed by atoms with E-state index in [1.165, 1.54) is 21.6 Å². The zero-order valence-electron chi connectivity index (χ0n) is 13.6. The first-order valence-corrected chi connectivity index (χ1v) is 8.99. The lowest BCUT2D eigenvalue weighted by Gasteiger charge is -2.28. The largest absolute Gasteiger partial charge is 0.336 e. The Hall–Kier alpha value is -2.33. The van der Waals surface area contributed by atoms with E-state index in [9.17, 15) is 0 Å². The molecule has 0 radical (unpaired) electrons. The van der Waals surface area contributed by atoms with Gasteiger partial charge in [-0.25, -0.2) is 9.97 Å². The van der Waals surface area contributed by atoms with E-state index in [1.807, 2.05) is 12.3 Å². The molecule has 2 heterocycles. The van der Waals surface area contributed by atoms with Crippen molar-refractivity contribution in [3.63, 3.8) is 0 Å². The lowest BCUT2D eigenvalue weighted by molar-refractivity contribution is 0.702. The minimum atomic E-state index is 0.821. The first-order chi connectivity index (χ1) is 11.8. The van der Waals surface area contributed by atoms with Gasteiger partial charge in [-0.1, -0.05) is 53.7 Å². The third kappa shape index (κ3) is 3.29. The van der Waals surface area contributed by atoms with Crippen LogP contribution >= 0.6 is 11.8 Å². The van der Waals surface area contributed by atoms with Crippen LogP contribution in [0.15, 0.2) is 70.7 Å². The highest BCUT2D eigenvalue weighted by Gasteiger charge is 2.18. The molecule has 2 aromatic carbocycles. The summed E-state index contributed by atoms with van der Waals surface area (Å²) in [4.78, 5) is 12.7. The van der Waals surface area contributed by atoms with Gasteiger partial charge in [-0.05, 0) is 42.7 Å². The fourth-order valence-corrected chi connectivity index (χ4v) is 3.70. The van der Waals surface area contributed by atoms with Gasteiger partial charge in [0, 0.05) is 24.2 Å². The number of rotatable bonds is 3. The topological polar surface area (TPSA) is 29.0 Å². The van der Waals surface area contributed by atoms with E-state index in [0.29, 0.717) is 0 Å². The Morgan fingerprint density at radius 3 is 2.58 bits per heavy atom. The first kappa shape index (κ1) is 15.2. The van der Waals surface area contributed by atoms with Crippen molar-refractivity contribution in [2.75, 3.05) is 11.4 Å². The molecule has 0 saturated heterocycles. The summed E-state index contributed by atoms with van der Waals surface area (Å²) in [5.74, 6) is 0.821. The van der Waals surface area contributed by atoms with E-state index in [0.717, 1.165) is 30.5 Å². The molecular weight excluding hydrogens is 314 g/mol. The van der Waals surface area contributed by atoms with Crippen LogP contribution in [0.4, 0.5) is 5.95 Å². The van der Waals surface area contributed by atoms with E-state index in [2.05, 4.69) is 65.3 Å². The predicted molar refractivity (Wildman–Crippen MR) is 98.5 cm³/mol. The summed E-state index contributed by atoms with van der Waals surface area (Å²) in [6.07, 6.45) is 2.91. The van der Waals surface area contributed by atoms with Crippen molar-refractivity contribution in [1.82, 2.24) is 9.97 Å². The van der Waals surface area contributed by atoms with Crippen LogP contribution in [0.2, 0.25) is 0 Å². The lowest BCUT2D eigenvalue weighted by Crippen LogP contribution is -2.31. The van der Waals surface area contributed by atoms with E-state index < -0.39 is 0 Å². The third-order valence-corrected chi connectivity index (χ3v) is 5.22. The van der Waals surface area contributed by atoms with Crippen LogP contribution in [-0.2, 0) is 13.0 Å². The molecule has 3 aromatic rings. The second kappa shape index (κ2) is 6.65. The normalized spacial score (nSPS) is 13.6. The summed E-state index contributed by atoms with van der Waals surface area (Å²) in [5, 5.41) is 0.989. The first-order valence-electron chi connectivity index (χ1n) is 8.17. The molecule has 1 aliphatic heterocycles. The van der Waals surface area contributed by atoms with Gasteiger partial charge in [0.15, 0.2) is 0 Å². The highest BCUT2D eigenvalue weighted by molar-refractivity contribution is 7.99. The SMILES string of the molecule is Cc1ccc(Sc2ccnc(N3CCc4ccccc4C3)n2)cc1. The monoisotopic (exact) mass is 333 g/mol. The Bertz CT molecular complexity index is 846. The fraction of sp³-hybridized carbons (Fsp3) is 0.200. The maximum Gasteiger partial charge on any atom is 0.226 e. The molecule has 0 atom stereocenters. The van der Waals surface area contributed by atoms with Crippen molar-refractivity contribution in [2.45, 2.75) is 29.8 Å². The third-order valence-electron chi connectivity index (χ3n) is 4.27. The maximum atomic E-state index is 4.76. The molecule has 0 fully saturated rings. The number of benzene rings is 2. The fourth-order valence-electron chi connectivity index (χ4n) is 2.94. The summed E-state index contributed by atoms with van der Waals surface area (Å²) >= 11 is 1.68. The van der Waals surface area contributed by atoms with E-state index in [1.54, 1.807) is 11.8 Å². The molecule has 0 aliphatic carbocycles. The van der Waals surface area contributed by atoms with Gasteiger partial charge in [0.05, 0.1) is 0 Å². The average Bonchev–Trinajstić information content (AvgIpc) is 2.63. The predicted octanol–water partition coefficient (Wildman–Crippen LogP) is 4.50. The quantitative estimate of drug-likeness (QED) is 0.660. The molecular formula is C20H19N3S. The zero-order valence-corrected chi connectivity index (χ0v) is 14.5. The average molecular weight is 333 g/mol. The van der Waals surface area contributed by atoms with Gasteiger partial charge in [-0.2, -0.15) is 0 Å². The zero-order chi connectivity index (χ0) is 16.4. The molecule has 0 N–H and O–H groups in total. The summed E-state index contributed by atoms with van der Waals surface area (Å²) in [6, 6.07) is 19.2. The van der Waals surface area contributed by atoms with Gasteiger partial charge < -0.3 is 4.90 Å². The van der Waals surface area contributed by atoms with Gasteiger partial charge in [-0.3, -0.25) is 0 Å². The Morgan fingerprint density at radius 1 is 0.958 bits per heavy atom. The summed E-state index contributed by atoms with van der Waals surface area (Å²) in [7, 11) is 0. The minimum absolute atomic E-state index is 0.821. The molecule has 0 saturated carbocycles. The molecule has 0 amide bonds. The Morgan fingerprint density at radius 2 is 1.75 bits per heavy atom. The van der Waals surface area contributed by atoms with Crippen molar-refractivity contribution in [1.29, 1.82) is 0 Å².